The number of para-hydroxylation sites is 1. The number of hydrogen-bond acceptors (Lipinski definition) is 2. The summed E-state index contributed by atoms with van der Waals surface area (Å²) in [5, 5.41) is 9.66. The highest BCUT2D eigenvalue weighted by molar-refractivity contribution is 5.86. The summed E-state index contributed by atoms with van der Waals surface area (Å²) in [6.45, 7) is 4.17. The summed E-state index contributed by atoms with van der Waals surface area (Å²) < 4.78 is 2.10. The third kappa shape index (κ3) is 1.83. The quantitative estimate of drug-likeness (QED) is 0.538. The van der Waals surface area contributed by atoms with Crippen molar-refractivity contribution in [3.05, 3.63) is 71.5 Å². The second-order valence-corrected chi connectivity index (χ2v) is 6.50. The van der Waals surface area contributed by atoms with Gasteiger partial charge >= 0.3 is 0 Å². The Morgan fingerprint density at radius 3 is 2.83 bits per heavy atom. The second kappa shape index (κ2) is 4.74. The summed E-state index contributed by atoms with van der Waals surface area (Å²) in [6, 6.07) is 17.1. The number of benzene rings is 2. The van der Waals surface area contributed by atoms with Crippen LogP contribution in [-0.2, 0) is 0 Å². The average molecular weight is 314 g/mol. The summed E-state index contributed by atoms with van der Waals surface area (Å²) in [5.41, 5.74) is 8.18. The van der Waals surface area contributed by atoms with Gasteiger partial charge in [0.2, 0.25) is 0 Å². The van der Waals surface area contributed by atoms with E-state index in [9.17, 15) is 0 Å². The van der Waals surface area contributed by atoms with Gasteiger partial charge < -0.3 is 10.3 Å². The predicted molar refractivity (Wildman–Crippen MR) is 97.2 cm³/mol. The zero-order valence-electron chi connectivity index (χ0n) is 13.7. The smallest absolute Gasteiger partial charge is 0.149 e. The standard InChI is InChI=1S/C20H18N4/c1-12-7-8-18-15(9-12)19-10-13(2)23-24(19)20(22-18)16-11-21-17-6-4-3-5-14(16)17/h3-11,20-22H,1-2H3/t20-/m1/s1. The minimum absolute atomic E-state index is 0.0138. The van der Waals surface area contributed by atoms with Gasteiger partial charge in [0.25, 0.3) is 0 Å². The van der Waals surface area contributed by atoms with E-state index in [-0.39, 0.29) is 6.17 Å². The fourth-order valence-electron chi connectivity index (χ4n) is 3.65. The Balaban J connectivity index is 1.75. The second-order valence-electron chi connectivity index (χ2n) is 6.50. The van der Waals surface area contributed by atoms with Crippen LogP contribution in [0.1, 0.15) is 23.0 Å². The van der Waals surface area contributed by atoms with Gasteiger partial charge in [-0.2, -0.15) is 5.10 Å². The molecule has 4 heteroatoms. The van der Waals surface area contributed by atoms with Gasteiger partial charge in [0.05, 0.1) is 11.4 Å². The van der Waals surface area contributed by atoms with Crippen LogP contribution < -0.4 is 5.32 Å². The zero-order valence-corrected chi connectivity index (χ0v) is 13.7. The number of aromatic amines is 1. The Bertz CT molecular complexity index is 1070. The van der Waals surface area contributed by atoms with Gasteiger partial charge in [0.15, 0.2) is 0 Å². The molecule has 0 bridgehead atoms. The van der Waals surface area contributed by atoms with Gasteiger partial charge in [-0.25, -0.2) is 4.68 Å². The molecule has 118 valence electrons. The topological polar surface area (TPSA) is 45.6 Å². The summed E-state index contributed by atoms with van der Waals surface area (Å²) in [4.78, 5) is 3.38. The van der Waals surface area contributed by atoms with Gasteiger partial charge in [0.1, 0.15) is 6.17 Å². The van der Waals surface area contributed by atoms with E-state index in [2.05, 4.69) is 76.6 Å². The molecule has 2 aromatic heterocycles. The van der Waals surface area contributed by atoms with Crippen molar-refractivity contribution in [3.8, 4) is 11.3 Å². The first-order chi connectivity index (χ1) is 11.7. The highest BCUT2D eigenvalue weighted by Gasteiger charge is 2.28. The molecule has 5 rings (SSSR count). The molecule has 1 aliphatic heterocycles. The average Bonchev–Trinajstić information content (AvgIpc) is 3.18. The van der Waals surface area contributed by atoms with Gasteiger partial charge in [-0.3, -0.25) is 0 Å². The lowest BCUT2D eigenvalue weighted by Gasteiger charge is -2.29. The van der Waals surface area contributed by atoms with E-state index >= 15 is 0 Å². The van der Waals surface area contributed by atoms with Crippen molar-refractivity contribution in [2.45, 2.75) is 20.0 Å². The Labute approximate surface area is 140 Å². The maximum absolute atomic E-state index is 4.76. The molecule has 2 N–H and O–H groups in total. The van der Waals surface area contributed by atoms with Crippen LogP contribution in [0.4, 0.5) is 5.69 Å². The Hall–Kier alpha value is -3.01. The minimum Gasteiger partial charge on any atom is -0.361 e. The molecule has 0 saturated heterocycles. The highest BCUT2D eigenvalue weighted by Crippen LogP contribution is 2.40. The number of rotatable bonds is 1. The van der Waals surface area contributed by atoms with Crippen LogP contribution in [0.3, 0.4) is 0 Å². The van der Waals surface area contributed by atoms with Crippen molar-refractivity contribution in [2.24, 2.45) is 0 Å². The number of hydrogen-bond donors (Lipinski definition) is 2. The van der Waals surface area contributed by atoms with Crippen LogP contribution in [0.25, 0.3) is 22.2 Å². The Morgan fingerprint density at radius 2 is 1.92 bits per heavy atom. The zero-order chi connectivity index (χ0) is 16.3. The van der Waals surface area contributed by atoms with E-state index in [1.54, 1.807) is 0 Å². The monoisotopic (exact) mass is 314 g/mol. The van der Waals surface area contributed by atoms with E-state index in [1.165, 1.54) is 27.8 Å². The lowest BCUT2D eigenvalue weighted by molar-refractivity contribution is 0.574. The van der Waals surface area contributed by atoms with Gasteiger partial charge in [0, 0.05) is 33.9 Å². The molecule has 0 spiro atoms. The van der Waals surface area contributed by atoms with Gasteiger partial charge in [-0.15, -0.1) is 0 Å². The van der Waals surface area contributed by atoms with Crippen molar-refractivity contribution >= 4 is 16.6 Å². The Kier molecular flexibility index (Phi) is 2.65. The van der Waals surface area contributed by atoms with Crippen LogP contribution in [0.5, 0.6) is 0 Å². The van der Waals surface area contributed by atoms with Crippen LogP contribution in [0.2, 0.25) is 0 Å². The third-order valence-electron chi connectivity index (χ3n) is 4.76. The van der Waals surface area contributed by atoms with Crippen molar-refractivity contribution in [3.63, 3.8) is 0 Å². The maximum atomic E-state index is 4.76. The fraction of sp³-hybridized carbons (Fsp3) is 0.150. The number of nitrogens with one attached hydrogen (secondary N) is 2. The molecule has 4 nitrogen and oxygen atoms in total. The molecular weight excluding hydrogens is 296 g/mol. The molecule has 0 saturated carbocycles. The number of nitrogens with zero attached hydrogens (tertiary/aromatic N) is 2. The van der Waals surface area contributed by atoms with E-state index in [1.807, 2.05) is 6.92 Å². The SMILES string of the molecule is Cc1ccc2c(c1)-c1cc(C)nn1[C@H](c1c[nH]c3ccccc13)N2. The Morgan fingerprint density at radius 1 is 1.04 bits per heavy atom. The molecule has 2 aromatic carbocycles. The molecule has 0 radical (unpaired) electrons. The molecule has 3 heterocycles. The molecule has 0 amide bonds. The van der Waals surface area contributed by atoms with Crippen LogP contribution in [-0.4, -0.2) is 14.8 Å². The van der Waals surface area contributed by atoms with Crippen molar-refractivity contribution in [2.75, 3.05) is 5.32 Å². The summed E-state index contributed by atoms with van der Waals surface area (Å²) >= 11 is 0. The lowest BCUT2D eigenvalue weighted by Crippen LogP contribution is -2.25. The van der Waals surface area contributed by atoms with Gasteiger partial charge in [-0.05, 0) is 38.1 Å². The highest BCUT2D eigenvalue weighted by atomic mass is 15.4. The molecule has 0 fully saturated rings. The number of anilines is 1. The normalized spacial score (nSPS) is 15.8. The van der Waals surface area contributed by atoms with E-state index in [4.69, 9.17) is 5.10 Å². The van der Waals surface area contributed by atoms with Crippen molar-refractivity contribution in [1.82, 2.24) is 14.8 Å². The van der Waals surface area contributed by atoms with E-state index in [0.29, 0.717) is 0 Å². The summed E-state index contributed by atoms with van der Waals surface area (Å²) in [6.07, 6.45) is 2.07. The van der Waals surface area contributed by atoms with Crippen LogP contribution in [0.15, 0.2) is 54.7 Å². The summed E-state index contributed by atoms with van der Waals surface area (Å²) in [5.74, 6) is 0. The number of aryl methyl sites for hydroxylation is 2. The molecule has 1 aliphatic rings. The number of H-pyrrole nitrogens is 1. The maximum Gasteiger partial charge on any atom is 0.149 e. The molecule has 0 aliphatic carbocycles. The van der Waals surface area contributed by atoms with Crippen LogP contribution >= 0.6 is 0 Å². The third-order valence-corrected chi connectivity index (χ3v) is 4.76. The first-order valence-electron chi connectivity index (χ1n) is 8.20. The first-order valence-corrected chi connectivity index (χ1v) is 8.20. The van der Waals surface area contributed by atoms with Gasteiger partial charge in [-0.1, -0.05) is 29.8 Å². The van der Waals surface area contributed by atoms with E-state index < -0.39 is 0 Å². The summed E-state index contributed by atoms with van der Waals surface area (Å²) in [7, 11) is 0. The minimum atomic E-state index is -0.0138. The van der Waals surface area contributed by atoms with Crippen LogP contribution in [0, 0.1) is 13.8 Å². The van der Waals surface area contributed by atoms with Crippen molar-refractivity contribution in [1.29, 1.82) is 0 Å². The van der Waals surface area contributed by atoms with Crippen molar-refractivity contribution < 1.29 is 0 Å². The molecule has 24 heavy (non-hydrogen) atoms. The molecule has 1 atom stereocenters. The molecule has 0 unspecified atom stereocenters. The lowest BCUT2D eigenvalue weighted by atomic mass is 10.0. The largest absolute Gasteiger partial charge is 0.361 e. The molecular formula is C20H18N4. The number of aromatic nitrogens is 3. The predicted octanol–water partition coefficient (Wildman–Crippen LogP) is 4.62. The first kappa shape index (κ1) is 13.4. The fourth-order valence-corrected chi connectivity index (χ4v) is 3.65. The number of fused-ring (bicyclic) bond motifs is 4. The molecule has 4 aromatic rings. The van der Waals surface area contributed by atoms with E-state index in [0.717, 1.165) is 16.9 Å².